The lowest BCUT2D eigenvalue weighted by Gasteiger charge is -2.28. The minimum absolute atomic E-state index is 0.0262. The molecule has 4 nitrogen and oxygen atoms in total. The molecule has 0 spiro atoms. The highest BCUT2D eigenvalue weighted by Crippen LogP contribution is 2.32. The van der Waals surface area contributed by atoms with Crippen LogP contribution < -0.4 is 5.32 Å². The maximum atomic E-state index is 12.0. The van der Waals surface area contributed by atoms with Crippen molar-refractivity contribution in [3.63, 3.8) is 0 Å². The molecule has 1 aromatic carbocycles. The molecule has 3 atom stereocenters. The number of benzene rings is 1. The summed E-state index contributed by atoms with van der Waals surface area (Å²) in [6.07, 6.45) is 2.25. The van der Waals surface area contributed by atoms with Gasteiger partial charge in [0.1, 0.15) is 0 Å². The molecule has 0 bridgehead atoms. The van der Waals surface area contributed by atoms with Gasteiger partial charge >= 0.3 is 0 Å². The SMILES string of the molecule is CC(CS(C)=O)NC1CCS(=O)(=O)c2ccccc21. The molecule has 106 valence electrons. The van der Waals surface area contributed by atoms with Crippen LogP contribution in [0.4, 0.5) is 0 Å². The molecular weight excluding hydrogens is 282 g/mol. The van der Waals surface area contributed by atoms with Gasteiger partial charge in [-0.2, -0.15) is 0 Å². The summed E-state index contributed by atoms with van der Waals surface area (Å²) in [6.45, 7) is 1.98. The minimum Gasteiger partial charge on any atom is -0.306 e. The molecule has 1 aliphatic heterocycles. The maximum Gasteiger partial charge on any atom is 0.178 e. The van der Waals surface area contributed by atoms with E-state index in [1.165, 1.54) is 0 Å². The quantitative estimate of drug-likeness (QED) is 0.909. The monoisotopic (exact) mass is 301 g/mol. The molecule has 0 fully saturated rings. The van der Waals surface area contributed by atoms with E-state index in [2.05, 4.69) is 5.32 Å². The molecule has 1 aliphatic rings. The van der Waals surface area contributed by atoms with Gasteiger partial charge in [0.15, 0.2) is 9.84 Å². The van der Waals surface area contributed by atoms with Crippen LogP contribution in [0.5, 0.6) is 0 Å². The first-order valence-electron chi connectivity index (χ1n) is 6.28. The fourth-order valence-corrected chi connectivity index (χ4v) is 4.93. The molecule has 2 rings (SSSR count). The standard InChI is InChI=1S/C13H19NO3S2/c1-10(9-18(2)15)14-12-7-8-19(16,17)13-6-4-3-5-11(12)13/h3-6,10,12,14H,7-9H2,1-2H3. The molecule has 0 radical (unpaired) electrons. The van der Waals surface area contributed by atoms with Crippen LogP contribution in [0.15, 0.2) is 29.2 Å². The number of rotatable bonds is 4. The molecule has 0 aromatic heterocycles. The Hall–Kier alpha value is -0.720. The Bertz CT molecular complexity index is 583. The second-order valence-electron chi connectivity index (χ2n) is 5.01. The second-order valence-corrected chi connectivity index (χ2v) is 8.56. The van der Waals surface area contributed by atoms with Gasteiger partial charge in [0.2, 0.25) is 0 Å². The van der Waals surface area contributed by atoms with Gasteiger partial charge in [-0.25, -0.2) is 8.42 Å². The lowest BCUT2D eigenvalue weighted by atomic mass is 10.0. The van der Waals surface area contributed by atoms with Crippen molar-refractivity contribution in [1.82, 2.24) is 5.32 Å². The molecule has 3 unspecified atom stereocenters. The Morgan fingerprint density at radius 1 is 1.42 bits per heavy atom. The Balaban J connectivity index is 2.23. The number of sulfone groups is 1. The molecule has 1 aromatic rings. The molecule has 19 heavy (non-hydrogen) atoms. The summed E-state index contributed by atoms with van der Waals surface area (Å²) in [5.41, 5.74) is 0.836. The molecule has 1 N–H and O–H groups in total. The fraction of sp³-hybridized carbons (Fsp3) is 0.538. The number of fused-ring (bicyclic) bond motifs is 1. The number of hydrogen-bond donors (Lipinski definition) is 1. The number of hydrogen-bond acceptors (Lipinski definition) is 4. The van der Waals surface area contributed by atoms with E-state index in [-0.39, 0.29) is 17.8 Å². The summed E-state index contributed by atoms with van der Waals surface area (Å²) in [4.78, 5) is 0.434. The smallest absolute Gasteiger partial charge is 0.178 e. The van der Waals surface area contributed by atoms with Crippen LogP contribution in [-0.2, 0) is 20.6 Å². The van der Waals surface area contributed by atoms with E-state index < -0.39 is 20.6 Å². The summed E-state index contributed by atoms with van der Waals surface area (Å²) in [7, 11) is -3.99. The topological polar surface area (TPSA) is 63.2 Å². The van der Waals surface area contributed by atoms with Crippen molar-refractivity contribution in [3.8, 4) is 0 Å². The van der Waals surface area contributed by atoms with Gasteiger partial charge < -0.3 is 5.32 Å². The van der Waals surface area contributed by atoms with Gasteiger partial charge in [0.25, 0.3) is 0 Å². The van der Waals surface area contributed by atoms with Crippen LogP contribution in [0.25, 0.3) is 0 Å². The summed E-state index contributed by atoms with van der Waals surface area (Å²) >= 11 is 0. The van der Waals surface area contributed by atoms with E-state index in [0.717, 1.165) is 5.56 Å². The highest BCUT2D eigenvalue weighted by atomic mass is 32.2. The van der Waals surface area contributed by atoms with Crippen molar-refractivity contribution < 1.29 is 12.6 Å². The van der Waals surface area contributed by atoms with Crippen LogP contribution in [-0.4, -0.2) is 36.4 Å². The van der Waals surface area contributed by atoms with Gasteiger partial charge in [0, 0.05) is 34.9 Å². The van der Waals surface area contributed by atoms with E-state index in [0.29, 0.717) is 17.1 Å². The van der Waals surface area contributed by atoms with Gasteiger partial charge in [-0.1, -0.05) is 18.2 Å². The van der Waals surface area contributed by atoms with E-state index >= 15 is 0 Å². The minimum atomic E-state index is -3.13. The third kappa shape index (κ3) is 3.43. The molecule has 0 aliphatic carbocycles. The third-order valence-corrected chi connectivity index (χ3v) is 6.06. The van der Waals surface area contributed by atoms with Gasteiger partial charge in [0.05, 0.1) is 10.6 Å². The van der Waals surface area contributed by atoms with Crippen molar-refractivity contribution in [1.29, 1.82) is 0 Å². The largest absolute Gasteiger partial charge is 0.306 e. The zero-order chi connectivity index (χ0) is 14.0. The van der Waals surface area contributed by atoms with E-state index in [4.69, 9.17) is 0 Å². The van der Waals surface area contributed by atoms with E-state index in [1.807, 2.05) is 19.1 Å². The van der Waals surface area contributed by atoms with Gasteiger partial charge in [-0.3, -0.25) is 4.21 Å². The predicted octanol–water partition coefficient (Wildman–Crippen LogP) is 1.26. The van der Waals surface area contributed by atoms with Crippen LogP contribution in [0, 0.1) is 0 Å². The highest BCUT2D eigenvalue weighted by molar-refractivity contribution is 7.91. The molecule has 0 saturated heterocycles. The second kappa shape index (κ2) is 5.73. The summed E-state index contributed by atoms with van der Waals surface area (Å²) in [5.74, 6) is 0.745. The average molecular weight is 301 g/mol. The zero-order valence-corrected chi connectivity index (χ0v) is 12.8. The normalized spacial score (nSPS) is 24.4. The summed E-state index contributed by atoms with van der Waals surface area (Å²) in [5, 5.41) is 3.39. The van der Waals surface area contributed by atoms with Crippen molar-refractivity contribution in [2.75, 3.05) is 17.8 Å². The summed E-state index contributed by atoms with van der Waals surface area (Å²) in [6, 6.07) is 7.27. The van der Waals surface area contributed by atoms with Crippen LogP contribution in [0.3, 0.4) is 0 Å². The Kier molecular flexibility index (Phi) is 4.43. The van der Waals surface area contributed by atoms with Crippen molar-refractivity contribution >= 4 is 20.6 Å². The van der Waals surface area contributed by atoms with Gasteiger partial charge in [-0.05, 0) is 25.0 Å². The molecule has 0 saturated carbocycles. The van der Waals surface area contributed by atoms with E-state index in [9.17, 15) is 12.6 Å². The third-order valence-electron chi connectivity index (χ3n) is 3.28. The first-order chi connectivity index (χ1) is 8.90. The Morgan fingerprint density at radius 3 is 2.79 bits per heavy atom. The lowest BCUT2D eigenvalue weighted by Crippen LogP contribution is -2.37. The van der Waals surface area contributed by atoms with Gasteiger partial charge in [-0.15, -0.1) is 0 Å². The van der Waals surface area contributed by atoms with Crippen molar-refractivity contribution in [2.24, 2.45) is 0 Å². The van der Waals surface area contributed by atoms with Crippen molar-refractivity contribution in [2.45, 2.75) is 30.3 Å². The molecule has 6 heteroatoms. The van der Waals surface area contributed by atoms with Crippen LogP contribution in [0.1, 0.15) is 24.9 Å². The molecule has 1 heterocycles. The van der Waals surface area contributed by atoms with Crippen LogP contribution >= 0.6 is 0 Å². The Morgan fingerprint density at radius 2 is 2.11 bits per heavy atom. The fourth-order valence-electron chi connectivity index (χ4n) is 2.51. The maximum absolute atomic E-state index is 12.0. The average Bonchev–Trinajstić information content (AvgIpc) is 2.32. The first-order valence-corrected chi connectivity index (χ1v) is 9.66. The van der Waals surface area contributed by atoms with Crippen molar-refractivity contribution in [3.05, 3.63) is 29.8 Å². The highest BCUT2D eigenvalue weighted by Gasteiger charge is 2.30. The summed E-state index contributed by atoms with van der Waals surface area (Å²) < 4.78 is 35.2. The zero-order valence-electron chi connectivity index (χ0n) is 11.1. The lowest BCUT2D eigenvalue weighted by molar-refractivity contribution is 0.451. The first kappa shape index (κ1) is 14.7. The van der Waals surface area contributed by atoms with E-state index in [1.54, 1.807) is 18.4 Å². The number of nitrogens with one attached hydrogen (secondary N) is 1. The Labute approximate surface area is 117 Å². The molecular formula is C13H19NO3S2. The predicted molar refractivity (Wildman–Crippen MR) is 77.4 cm³/mol. The molecule has 0 amide bonds. The van der Waals surface area contributed by atoms with Crippen LogP contribution in [0.2, 0.25) is 0 Å².